The summed E-state index contributed by atoms with van der Waals surface area (Å²) in [6.07, 6.45) is 3.73. The van der Waals surface area contributed by atoms with Crippen LogP contribution in [0.1, 0.15) is 19.4 Å². The summed E-state index contributed by atoms with van der Waals surface area (Å²) in [4.78, 5) is 4.15. The zero-order valence-electron chi connectivity index (χ0n) is 8.53. The highest BCUT2D eigenvalue weighted by Gasteiger charge is 2.03. The van der Waals surface area contributed by atoms with Crippen LogP contribution < -0.4 is 0 Å². The first kappa shape index (κ1) is 12.0. The molecule has 0 aromatic carbocycles. The first-order valence-electron chi connectivity index (χ1n) is 4.73. The monoisotopic (exact) mass is 274 g/mol. The molecule has 0 saturated carbocycles. The van der Waals surface area contributed by atoms with Crippen LogP contribution in [0.5, 0.6) is 0 Å². The lowest BCUT2D eigenvalue weighted by atomic mass is 10.3. The number of hydrogen-bond donors (Lipinski definition) is 0. The summed E-state index contributed by atoms with van der Waals surface area (Å²) in [5.41, 5.74) is 1.25. The third-order valence-corrected chi connectivity index (χ3v) is 3.23. The Balaban J connectivity index is 2.57. The summed E-state index contributed by atoms with van der Waals surface area (Å²) in [6.45, 7) is 6.37. The molecule has 0 N–H and O–H groups in total. The van der Waals surface area contributed by atoms with Crippen molar-refractivity contribution < 1.29 is 0 Å². The van der Waals surface area contributed by atoms with Crippen molar-refractivity contribution in [2.24, 2.45) is 0 Å². The van der Waals surface area contributed by atoms with Gasteiger partial charge in [0.25, 0.3) is 0 Å². The van der Waals surface area contributed by atoms with Crippen molar-refractivity contribution in [1.82, 2.24) is 9.29 Å². The summed E-state index contributed by atoms with van der Waals surface area (Å²) < 4.78 is 3.39. The molecule has 2 nitrogen and oxygen atoms in total. The number of pyridine rings is 1. The van der Waals surface area contributed by atoms with Crippen molar-refractivity contribution in [3.8, 4) is 0 Å². The molecule has 1 heterocycles. The minimum Gasteiger partial charge on any atom is -0.263 e. The first-order chi connectivity index (χ1) is 6.76. The van der Waals surface area contributed by atoms with Crippen LogP contribution in [-0.4, -0.2) is 21.6 Å². The third-order valence-electron chi connectivity index (χ3n) is 1.78. The molecule has 0 aliphatic carbocycles. The molecular formula is C10H15BrN2S. The molecule has 0 saturated heterocycles. The fraction of sp³-hybridized carbons (Fsp3) is 0.500. The number of aromatic nitrogens is 1. The summed E-state index contributed by atoms with van der Waals surface area (Å²) in [5, 5.41) is 0. The molecule has 0 bridgehead atoms. The van der Waals surface area contributed by atoms with Gasteiger partial charge in [0.2, 0.25) is 0 Å². The van der Waals surface area contributed by atoms with Crippen LogP contribution in [0.3, 0.4) is 0 Å². The minimum absolute atomic E-state index is 0.960. The molecule has 0 aliphatic heterocycles. The van der Waals surface area contributed by atoms with Gasteiger partial charge in [-0.25, -0.2) is 4.31 Å². The largest absolute Gasteiger partial charge is 0.263 e. The summed E-state index contributed by atoms with van der Waals surface area (Å²) in [5.74, 6) is 1.12. The Bertz CT molecular complexity index is 281. The number of rotatable bonds is 5. The maximum absolute atomic E-state index is 4.15. The third kappa shape index (κ3) is 3.98. The predicted octanol–water partition coefficient (Wildman–Crippen LogP) is 3.33. The highest BCUT2D eigenvalue weighted by atomic mass is 79.9. The summed E-state index contributed by atoms with van der Waals surface area (Å²) in [6, 6.07) is 2.12. The normalized spacial score (nSPS) is 10.9. The smallest absolute Gasteiger partial charge is 0.0410 e. The number of nitrogens with zero attached hydrogens (tertiary/aromatic N) is 2. The van der Waals surface area contributed by atoms with Crippen LogP contribution in [0.2, 0.25) is 0 Å². The average molecular weight is 275 g/mol. The zero-order chi connectivity index (χ0) is 10.4. The van der Waals surface area contributed by atoms with E-state index < -0.39 is 0 Å². The molecule has 1 aromatic heterocycles. The first-order valence-corrected chi connectivity index (χ1v) is 6.47. The molecule has 0 spiro atoms. The van der Waals surface area contributed by atoms with Crippen molar-refractivity contribution in [2.75, 3.05) is 12.3 Å². The van der Waals surface area contributed by atoms with Gasteiger partial charge in [-0.2, -0.15) is 0 Å². The van der Waals surface area contributed by atoms with Crippen LogP contribution in [0.4, 0.5) is 0 Å². The molecule has 0 radical (unpaired) electrons. The van der Waals surface area contributed by atoms with Gasteiger partial charge >= 0.3 is 0 Å². The van der Waals surface area contributed by atoms with Crippen molar-refractivity contribution in [1.29, 1.82) is 0 Å². The van der Waals surface area contributed by atoms with Gasteiger partial charge in [-0.1, -0.05) is 25.8 Å². The van der Waals surface area contributed by atoms with E-state index in [1.807, 2.05) is 24.3 Å². The zero-order valence-corrected chi connectivity index (χ0v) is 10.9. The molecule has 14 heavy (non-hydrogen) atoms. The lowest BCUT2D eigenvalue weighted by molar-refractivity contribution is 0.492. The molecule has 1 rings (SSSR count). The van der Waals surface area contributed by atoms with Gasteiger partial charge in [-0.05, 0) is 27.6 Å². The molecular weight excluding hydrogens is 260 g/mol. The highest BCUT2D eigenvalue weighted by Crippen LogP contribution is 2.16. The van der Waals surface area contributed by atoms with Crippen LogP contribution >= 0.6 is 27.9 Å². The second kappa shape index (κ2) is 6.43. The Hall–Kier alpha value is -0.0600. The van der Waals surface area contributed by atoms with E-state index in [4.69, 9.17) is 0 Å². The minimum atomic E-state index is 0.960. The SMILES string of the molecule is CCSN(CC)Cc1cncc(Br)c1. The molecule has 4 heteroatoms. The van der Waals surface area contributed by atoms with Gasteiger partial charge < -0.3 is 0 Å². The Labute approximate surface area is 98.4 Å². The Morgan fingerprint density at radius 3 is 2.79 bits per heavy atom. The maximum atomic E-state index is 4.15. The van der Waals surface area contributed by atoms with Crippen molar-refractivity contribution >= 4 is 27.9 Å². The second-order valence-electron chi connectivity index (χ2n) is 2.89. The van der Waals surface area contributed by atoms with Crippen molar-refractivity contribution in [2.45, 2.75) is 20.4 Å². The van der Waals surface area contributed by atoms with E-state index in [2.05, 4.69) is 45.1 Å². The topological polar surface area (TPSA) is 16.1 Å². The van der Waals surface area contributed by atoms with Crippen LogP contribution in [0.15, 0.2) is 22.9 Å². The fourth-order valence-electron chi connectivity index (χ4n) is 1.18. The quantitative estimate of drug-likeness (QED) is 0.767. The van der Waals surface area contributed by atoms with Gasteiger partial charge in [0, 0.05) is 35.7 Å². The van der Waals surface area contributed by atoms with Gasteiger partial charge in [-0.15, -0.1) is 0 Å². The molecule has 78 valence electrons. The van der Waals surface area contributed by atoms with Crippen molar-refractivity contribution in [3.05, 3.63) is 28.5 Å². The Morgan fingerprint density at radius 2 is 2.21 bits per heavy atom. The highest BCUT2D eigenvalue weighted by molar-refractivity contribution is 9.10. The number of halogens is 1. The fourth-order valence-corrected chi connectivity index (χ4v) is 2.38. The van der Waals surface area contributed by atoms with Gasteiger partial charge in [0.15, 0.2) is 0 Å². The Morgan fingerprint density at radius 1 is 1.43 bits per heavy atom. The van der Waals surface area contributed by atoms with Crippen LogP contribution in [0, 0.1) is 0 Å². The van der Waals surface area contributed by atoms with Crippen LogP contribution in [0.25, 0.3) is 0 Å². The molecule has 0 unspecified atom stereocenters. The Kier molecular flexibility index (Phi) is 5.52. The van der Waals surface area contributed by atoms with E-state index in [1.165, 1.54) is 5.56 Å². The number of hydrogen-bond acceptors (Lipinski definition) is 3. The van der Waals surface area contributed by atoms with E-state index >= 15 is 0 Å². The van der Waals surface area contributed by atoms with E-state index in [-0.39, 0.29) is 0 Å². The summed E-state index contributed by atoms with van der Waals surface area (Å²) >= 11 is 5.29. The standard InChI is InChI=1S/C10H15BrN2S/c1-3-13(14-4-2)8-9-5-10(11)7-12-6-9/h5-7H,3-4,8H2,1-2H3. The van der Waals surface area contributed by atoms with Gasteiger partial charge in [0.05, 0.1) is 0 Å². The molecule has 1 aromatic rings. The molecule has 0 amide bonds. The predicted molar refractivity (Wildman–Crippen MR) is 66.2 cm³/mol. The van der Waals surface area contributed by atoms with E-state index in [0.29, 0.717) is 0 Å². The molecule has 0 fully saturated rings. The van der Waals surface area contributed by atoms with Crippen molar-refractivity contribution in [3.63, 3.8) is 0 Å². The molecule has 0 aliphatic rings. The lowest BCUT2D eigenvalue weighted by Gasteiger charge is -2.17. The maximum Gasteiger partial charge on any atom is 0.0410 e. The van der Waals surface area contributed by atoms with Gasteiger partial charge in [0.1, 0.15) is 0 Å². The van der Waals surface area contributed by atoms with E-state index in [1.54, 1.807) is 0 Å². The van der Waals surface area contributed by atoms with Crippen LogP contribution in [-0.2, 0) is 6.54 Å². The second-order valence-corrected chi connectivity index (χ2v) is 5.15. The summed E-state index contributed by atoms with van der Waals surface area (Å²) in [7, 11) is 0. The van der Waals surface area contributed by atoms with Gasteiger partial charge in [-0.3, -0.25) is 4.98 Å². The lowest BCUT2D eigenvalue weighted by Crippen LogP contribution is -2.14. The van der Waals surface area contributed by atoms with E-state index in [9.17, 15) is 0 Å². The molecule has 0 atom stereocenters. The average Bonchev–Trinajstić information content (AvgIpc) is 2.17. The van der Waals surface area contributed by atoms with E-state index in [0.717, 1.165) is 23.3 Å².